The fraction of sp³-hybridized carbons (Fsp3) is 0.316. The number of carbonyl (C=O) groups excluding carboxylic acids is 1. The minimum absolute atomic E-state index is 0.105. The standard InChI is InChI=1S/C19H17F4N3O3/c20-13-5-7-14(8-6-13)25-9-11-26(12-10-25)17(27)24-19(18(21,22)23)28-15-3-1-2-4-16(15)29-19/h1-8H,9-12H2,(H,24,27). The summed E-state index contributed by atoms with van der Waals surface area (Å²) in [7, 11) is 0. The van der Waals surface area contributed by atoms with Crippen molar-refractivity contribution in [3.05, 3.63) is 54.3 Å². The van der Waals surface area contributed by atoms with Crippen molar-refractivity contribution in [2.75, 3.05) is 31.1 Å². The molecule has 2 heterocycles. The predicted octanol–water partition coefficient (Wildman–Crippen LogP) is 3.34. The van der Waals surface area contributed by atoms with Crippen molar-refractivity contribution in [3.8, 4) is 11.5 Å². The van der Waals surface area contributed by atoms with Gasteiger partial charge in [0.1, 0.15) is 5.82 Å². The zero-order chi connectivity index (χ0) is 20.6. The zero-order valence-electron chi connectivity index (χ0n) is 15.1. The summed E-state index contributed by atoms with van der Waals surface area (Å²) < 4.78 is 64.1. The number of nitrogens with one attached hydrogen (secondary N) is 1. The normalized spacial score (nSPS) is 17.9. The Hall–Kier alpha value is -3.17. The third-order valence-electron chi connectivity index (χ3n) is 4.76. The number of carbonyl (C=O) groups is 1. The van der Waals surface area contributed by atoms with Gasteiger partial charge in [-0.15, -0.1) is 0 Å². The second kappa shape index (κ2) is 7.02. The van der Waals surface area contributed by atoms with E-state index in [0.29, 0.717) is 13.1 Å². The molecule has 0 bridgehead atoms. The minimum atomic E-state index is -5.00. The summed E-state index contributed by atoms with van der Waals surface area (Å²) in [6.45, 7) is 1.15. The lowest BCUT2D eigenvalue weighted by Gasteiger charge is -2.38. The maximum atomic E-state index is 13.7. The van der Waals surface area contributed by atoms with Gasteiger partial charge in [0.2, 0.25) is 0 Å². The fourth-order valence-electron chi connectivity index (χ4n) is 3.23. The van der Waals surface area contributed by atoms with E-state index in [2.05, 4.69) is 0 Å². The Morgan fingerprint density at radius 3 is 2.00 bits per heavy atom. The van der Waals surface area contributed by atoms with E-state index in [9.17, 15) is 22.4 Å². The summed E-state index contributed by atoms with van der Waals surface area (Å²) >= 11 is 0. The van der Waals surface area contributed by atoms with Gasteiger partial charge in [-0.05, 0) is 36.4 Å². The highest BCUT2D eigenvalue weighted by Crippen LogP contribution is 2.44. The number of alkyl halides is 3. The zero-order valence-corrected chi connectivity index (χ0v) is 15.1. The average Bonchev–Trinajstić information content (AvgIpc) is 3.08. The molecular weight excluding hydrogens is 394 g/mol. The van der Waals surface area contributed by atoms with Gasteiger partial charge in [0, 0.05) is 31.9 Å². The van der Waals surface area contributed by atoms with Gasteiger partial charge in [0.25, 0.3) is 0 Å². The van der Waals surface area contributed by atoms with E-state index in [1.54, 1.807) is 12.1 Å². The SMILES string of the molecule is O=C(NC1(C(F)(F)F)Oc2ccccc2O1)N1CCN(c2ccc(F)cc2)CC1. The van der Waals surface area contributed by atoms with Gasteiger partial charge in [-0.3, -0.25) is 5.32 Å². The first-order chi connectivity index (χ1) is 13.8. The quantitative estimate of drug-likeness (QED) is 0.771. The second-order valence-corrected chi connectivity index (χ2v) is 6.65. The van der Waals surface area contributed by atoms with Crippen molar-refractivity contribution < 1.29 is 31.8 Å². The lowest BCUT2D eigenvalue weighted by molar-refractivity contribution is -0.318. The molecule has 6 nitrogen and oxygen atoms in total. The molecule has 154 valence electrons. The summed E-state index contributed by atoms with van der Waals surface area (Å²) in [5, 5.41) is 1.86. The van der Waals surface area contributed by atoms with Crippen LogP contribution < -0.4 is 19.7 Å². The number of rotatable bonds is 2. The van der Waals surface area contributed by atoms with Crippen LogP contribution >= 0.6 is 0 Å². The highest BCUT2D eigenvalue weighted by molar-refractivity contribution is 5.75. The second-order valence-electron chi connectivity index (χ2n) is 6.65. The monoisotopic (exact) mass is 411 g/mol. The van der Waals surface area contributed by atoms with Crippen molar-refractivity contribution in [3.63, 3.8) is 0 Å². The van der Waals surface area contributed by atoms with Crippen LogP contribution in [0.4, 0.5) is 28.0 Å². The topological polar surface area (TPSA) is 54.0 Å². The van der Waals surface area contributed by atoms with Crippen LogP contribution in [0.15, 0.2) is 48.5 Å². The van der Waals surface area contributed by atoms with E-state index < -0.39 is 18.1 Å². The summed E-state index contributed by atoms with van der Waals surface area (Å²) in [4.78, 5) is 15.7. The van der Waals surface area contributed by atoms with Crippen LogP contribution in [0.25, 0.3) is 0 Å². The summed E-state index contributed by atoms with van der Waals surface area (Å²) in [5.41, 5.74) is 0.774. The van der Waals surface area contributed by atoms with Crippen LogP contribution in [-0.4, -0.2) is 49.2 Å². The number of piperazine rings is 1. The third-order valence-corrected chi connectivity index (χ3v) is 4.76. The van der Waals surface area contributed by atoms with Crippen LogP contribution in [0, 0.1) is 5.82 Å². The highest BCUT2D eigenvalue weighted by atomic mass is 19.4. The molecule has 0 spiro atoms. The van der Waals surface area contributed by atoms with Gasteiger partial charge in [-0.1, -0.05) is 12.1 Å². The molecule has 0 unspecified atom stereocenters. The molecule has 0 atom stereocenters. The summed E-state index contributed by atoms with van der Waals surface area (Å²) in [6, 6.07) is 10.6. The number of hydrogen-bond donors (Lipinski definition) is 1. The first-order valence-electron chi connectivity index (χ1n) is 8.89. The predicted molar refractivity (Wildman–Crippen MR) is 95.2 cm³/mol. The number of fused-ring (bicyclic) bond motifs is 1. The molecule has 0 aliphatic carbocycles. The Morgan fingerprint density at radius 1 is 0.931 bits per heavy atom. The molecule has 1 saturated heterocycles. The van der Waals surface area contributed by atoms with Gasteiger partial charge >= 0.3 is 18.1 Å². The van der Waals surface area contributed by atoms with Crippen LogP contribution in [0.3, 0.4) is 0 Å². The summed E-state index contributed by atoms with van der Waals surface area (Å²) in [5.74, 6) is -3.85. The smallest absolute Gasteiger partial charge is 0.424 e. The van der Waals surface area contributed by atoms with Crippen LogP contribution in [-0.2, 0) is 0 Å². The number of benzene rings is 2. The molecule has 10 heteroatoms. The van der Waals surface area contributed by atoms with Gasteiger partial charge in [-0.25, -0.2) is 9.18 Å². The number of ether oxygens (including phenoxy) is 2. The third kappa shape index (κ3) is 3.62. The number of anilines is 1. The Labute approximate surface area is 163 Å². The van der Waals surface area contributed by atoms with E-state index in [4.69, 9.17) is 9.47 Å². The molecule has 2 aliphatic heterocycles. The first kappa shape index (κ1) is 19.2. The molecular formula is C19H17F4N3O3. The Bertz CT molecular complexity index is 871. The van der Waals surface area contributed by atoms with E-state index in [0.717, 1.165) is 5.69 Å². The highest BCUT2D eigenvalue weighted by Gasteiger charge is 2.66. The van der Waals surface area contributed by atoms with Gasteiger partial charge in [-0.2, -0.15) is 13.2 Å². The molecule has 0 aromatic heterocycles. The lowest BCUT2D eigenvalue weighted by Crippen LogP contribution is -2.67. The number of nitrogens with zero attached hydrogens (tertiary/aromatic N) is 2. The van der Waals surface area contributed by atoms with Crippen LogP contribution in [0.2, 0.25) is 0 Å². The maximum absolute atomic E-state index is 13.7. The van der Waals surface area contributed by atoms with Crippen molar-refractivity contribution in [1.82, 2.24) is 10.2 Å². The van der Waals surface area contributed by atoms with E-state index in [1.807, 2.05) is 10.2 Å². The number of urea groups is 1. The molecule has 2 aliphatic rings. The Morgan fingerprint density at radius 2 is 1.48 bits per heavy atom. The molecule has 0 saturated carbocycles. The number of hydrogen-bond acceptors (Lipinski definition) is 4. The van der Waals surface area contributed by atoms with Crippen molar-refractivity contribution in [2.24, 2.45) is 0 Å². The molecule has 4 rings (SSSR count). The van der Waals surface area contributed by atoms with Crippen molar-refractivity contribution in [2.45, 2.75) is 12.1 Å². The first-order valence-corrected chi connectivity index (χ1v) is 8.89. The summed E-state index contributed by atoms with van der Waals surface area (Å²) in [6.07, 6.45) is -5.00. The van der Waals surface area contributed by atoms with Crippen molar-refractivity contribution >= 4 is 11.7 Å². The Kier molecular flexibility index (Phi) is 4.64. The average molecular weight is 411 g/mol. The minimum Gasteiger partial charge on any atom is -0.424 e. The lowest BCUT2D eigenvalue weighted by atomic mass is 10.2. The Balaban J connectivity index is 1.43. The van der Waals surface area contributed by atoms with E-state index >= 15 is 0 Å². The molecule has 2 aromatic rings. The number of amides is 2. The van der Waals surface area contributed by atoms with Gasteiger partial charge in [0.15, 0.2) is 11.5 Å². The molecule has 2 amide bonds. The van der Waals surface area contributed by atoms with Crippen LogP contribution in [0.1, 0.15) is 0 Å². The molecule has 0 radical (unpaired) electrons. The van der Waals surface area contributed by atoms with E-state index in [-0.39, 0.29) is 30.4 Å². The fourth-order valence-corrected chi connectivity index (χ4v) is 3.23. The molecule has 2 aromatic carbocycles. The van der Waals surface area contributed by atoms with Gasteiger partial charge < -0.3 is 19.3 Å². The number of para-hydroxylation sites is 2. The molecule has 1 N–H and O–H groups in total. The van der Waals surface area contributed by atoms with Gasteiger partial charge in [0.05, 0.1) is 0 Å². The maximum Gasteiger partial charge on any atom is 0.492 e. The van der Waals surface area contributed by atoms with Crippen molar-refractivity contribution in [1.29, 1.82) is 0 Å². The number of halogens is 4. The molecule has 29 heavy (non-hydrogen) atoms. The van der Waals surface area contributed by atoms with E-state index in [1.165, 1.54) is 41.3 Å². The van der Waals surface area contributed by atoms with Crippen LogP contribution in [0.5, 0.6) is 11.5 Å². The largest absolute Gasteiger partial charge is 0.492 e. The molecule has 1 fully saturated rings.